The number of aromatic nitrogens is 3. The summed E-state index contributed by atoms with van der Waals surface area (Å²) in [7, 11) is -2.09. The van der Waals surface area contributed by atoms with E-state index in [1.54, 1.807) is 17.7 Å². The molecule has 1 fully saturated rings. The van der Waals surface area contributed by atoms with Gasteiger partial charge in [0.15, 0.2) is 0 Å². The Bertz CT molecular complexity index is 1500. The molecule has 0 aliphatic carbocycles. The normalized spacial score (nSPS) is 15.5. The van der Waals surface area contributed by atoms with Gasteiger partial charge in [-0.25, -0.2) is 13.4 Å². The summed E-state index contributed by atoms with van der Waals surface area (Å²) in [5.41, 5.74) is 2.13. The van der Waals surface area contributed by atoms with Crippen molar-refractivity contribution in [1.29, 1.82) is 0 Å². The summed E-state index contributed by atoms with van der Waals surface area (Å²) in [5, 5.41) is 21.6. The highest BCUT2D eigenvalue weighted by Gasteiger charge is 2.30. The lowest BCUT2D eigenvalue weighted by molar-refractivity contribution is 0.208. The van der Waals surface area contributed by atoms with Crippen molar-refractivity contribution in [2.45, 2.75) is 57.3 Å². The maximum Gasteiger partial charge on any atom is 0.275 e. The summed E-state index contributed by atoms with van der Waals surface area (Å²) >= 11 is 0. The largest absolute Gasteiger partial charge is 0.493 e. The van der Waals surface area contributed by atoms with Gasteiger partial charge in [-0.05, 0) is 56.2 Å². The van der Waals surface area contributed by atoms with Gasteiger partial charge in [-0.2, -0.15) is 4.31 Å². The van der Waals surface area contributed by atoms with E-state index in [1.807, 2.05) is 13.8 Å². The van der Waals surface area contributed by atoms with Crippen LogP contribution in [0.3, 0.4) is 0 Å². The number of aliphatic hydroxyl groups excluding tert-OH is 1. The van der Waals surface area contributed by atoms with Crippen molar-refractivity contribution < 1.29 is 23.5 Å². The van der Waals surface area contributed by atoms with Gasteiger partial charge in [0.1, 0.15) is 22.6 Å². The fourth-order valence-electron chi connectivity index (χ4n) is 5.24. The maximum atomic E-state index is 13.6. The zero-order valence-electron chi connectivity index (χ0n) is 22.7. The molecule has 3 heterocycles. The summed E-state index contributed by atoms with van der Waals surface area (Å²) in [4.78, 5) is 21.0. The van der Waals surface area contributed by atoms with Gasteiger partial charge in [-0.1, -0.05) is 25.4 Å². The molecule has 0 saturated carbocycles. The predicted octanol–water partition coefficient (Wildman–Crippen LogP) is 3.26. The topological polar surface area (TPSA) is 150 Å². The fourth-order valence-corrected chi connectivity index (χ4v) is 6.73. The first-order valence-corrected chi connectivity index (χ1v) is 14.9. The number of piperidine rings is 1. The Labute approximate surface area is 228 Å². The van der Waals surface area contributed by atoms with Crippen LogP contribution in [0.2, 0.25) is 0 Å². The lowest BCUT2D eigenvalue weighted by atomic mass is 9.95. The third-order valence-electron chi connectivity index (χ3n) is 7.28. The SMILES string of the molecule is CCCOc1ccc(S(=O)(=O)N2CCC(CCO)CC2)cc1-c1nc2c(CCC)c(C=NO)n(C)c2c(=O)[nH]1. The van der Waals surface area contributed by atoms with E-state index in [0.29, 0.717) is 79.3 Å². The van der Waals surface area contributed by atoms with E-state index in [9.17, 15) is 23.5 Å². The third-order valence-corrected chi connectivity index (χ3v) is 9.18. The number of H-pyrrole nitrogens is 1. The first-order chi connectivity index (χ1) is 18.8. The van der Waals surface area contributed by atoms with Crippen LogP contribution in [0.1, 0.15) is 57.2 Å². The Morgan fingerprint density at radius 2 is 1.97 bits per heavy atom. The minimum Gasteiger partial charge on any atom is -0.493 e. The standard InChI is InChI=1S/C27H37N5O6S/c1-4-6-20-22(17-28-35)31(3)25-24(20)29-26(30-27(25)34)21-16-19(7-8-23(21)38-15-5-2)39(36,37)32-12-9-18(10-13-32)11-14-33/h7-8,16-18,33,35H,4-6,9-15H2,1-3H3,(H,29,30,34). The number of nitrogens with zero attached hydrogens (tertiary/aromatic N) is 4. The number of hydrogen-bond donors (Lipinski definition) is 3. The number of oxime groups is 1. The molecule has 11 nitrogen and oxygen atoms in total. The minimum atomic E-state index is -3.80. The second kappa shape index (κ2) is 12.3. The average Bonchev–Trinajstić information content (AvgIpc) is 3.19. The van der Waals surface area contributed by atoms with Crippen LogP contribution in [0, 0.1) is 5.92 Å². The molecule has 0 spiro atoms. The first kappa shape index (κ1) is 28.8. The Morgan fingerprint density at radius 3 is 2.62 bits per heavy atom. The van der Waals surface area contributed by atoms with Crippen LogP contribution in [0.5, 0.6) is 5.75 Å². The molecule has 4 rings (SSSR count). The number of ether oxygens (including phenoxy) is 1. The quantitative estimate of drug-likeness (QED) is 0.185. The van der Waals surface area contributed by atoms with Crippen molar-refractivity contribution in [3.63, 3.8) is 0 Å². The summed E-state index contributed by atoms with van der Waals surface area (Å²) in [6.45, 7) is 5.26. The second-order valence-electron chi connectivity index (χ2n) is 9.90. The molecule has 1 aliphatic rings. The van der Waals surface area contributed by atoms with Gasteiger partial charge in [0.25, 0.3) is 5.56 Å². The van der Waals surface area contributed by atoms with Crippen molar-refractivity contribution in [1.82, 2.24) is 18.8 Å². The Kier molecular flexibility index (Phi) is 9.08. The molecule has 1 aliphatic heterocycles. The van der Waals surface area contributed by atoms with Gasteiger partial charge in [0.2, 0.25) is 10.0 Å². The summed E-state index contributed by atoms with van der Waals surface area (Å²) in [6, 6.07) is 4.66. The van der Waals surface area contributed by atoms with E-state index in [4.69, 9.17) is 9.72 Å². The molecule has 1 saturated heterocycles. The number of aromatic amines is 1. The Hall–Kier alpha value is -3.22. The lowest BCUT2D eigenvalue weighted by Gasteiger charge is -2.31. The van der Waals surface area contributed by atoms with Crippen molar-refractivity contribution in [3.8, 4) is 17.1 Å². The van der Waals surface area contributed by atoms with Crippen LogP contribution >= 0.6 is 0 Å². The van der Waals surface area contributed by atoms with Gasteiger partial charge >= 0.3 is 0 Å². The monoisotopic (exact) mass is 559 g/mol. The highest BCUT2D eigenvalue weighted by molar-refractivity contribution is 7.89. The number of benzene rings is 1. The molecular formula is C27H37N5O6S. The smallest absolute Gasteiger partial charge is 0.275 e. The van der Waals surface area contributed by atoms with Crippen LogP contribution in [0.15, 0.2) is 33.0 Å². The molecule has 212 valence electrons. The van der Waals surface area contributed by atoms with Crippen LogP contribution < -0.4 is 10.3 Å². The molecule has 3 aromatic rings. The zero-order chi connectivity index (χ0) is 28.2. The first-order valence-electron chi connectivity index (χ1n) is 13.4. The van der Waals surface area contributed by atoms with Gasteiger partial charge in [-0.15, -0.1) is 0 Å². The van der Waals surface area contributed by atoms with Crippen molar-refractivity contribution in [2.24, 2.45) is 18.1 Å². The fraction of sp³-hybridized carbons (Fsp3) is 0.519. The molecular weight excluding hydrogens is 522 g/mol. The van der Waals surface area contributed by atoms with E-state index < -0.39 is 15.6 Å². The third kappa shape index (κ3) is 5.73. The van der Waals surface area contributed by atoms with E-state index in [2.05, 4.69) is 10.1 Å². The predicted molar refractivity (Wildman–Crippen MR) is 149 cm³/mol. The Morgan fingerprint density at radius 1 is 1.23 bits per heavy atom. The minimum absolute atomic E-state index is 0.0969. The number of nitrogens with one attached hydrogen (secondary N) is 1. The van der Waals surface area contributed by atoms with Crippen LogP contribution in [-0.4, -0.2) is 70.1 Å². The van der Waals surface area contributed by atoms with Gasteiger partial charge in [-0.3, -0.25) is 4.79 Å². The maximum absolute atomic E-state index is 13.6. The molecule has 1 aromatic carbocycles. The van der Waals surface area contributed by atoms with Crippen molar-refractivity contribution in [3.05, 3.63) is 39.8 Å². The van der Waals surface area contributed by atoms with Gasteiger partial charge in [0, 0.05) is 32.3 Å². The molecule has 39 heavy (non-hydrogen) atoms. The van der Waals surface area contributed by atoms with Crippen LogP contribution in [0.25, 0.3) is 22.4 Å². The molecule has 0 amide bonds. The second-order valence-corrected chi connectivity index (χ2v) is 11.8. The van der Waals surface area contributed by atoms with E-state index in [0.717, 1.165) is 18.4 Å². The van der Waals surface area contributed by atoms with Gasteiger partial charge < -0.3 is 24.6 Å². The molecule has 0 bridgehead atoms. The van der Waals surface area contributed by atoms with E-state index in [1.165, 1.54) is 22.7 Å². The van der Waals surface area contributed by atoms with E-state index >= 15 is 0 Å². The molecule has 12 heteroatoms. The summed E-state index contributed by atoms with van der Waals surface area (Å²) in [5.74, 6) is 0.935. The van der Waals surface area contributed by atoms with Crippen LogP contribution in [0.4, 0.5) is 0 Å². The highest BCUT2D eigenvalue weighted by atomic mass is 32.2. The number of sulfonamides is 1. The van der Waals surface area contributed by atoms with Crippen molar-refractivity contribution >= 4 is 27.3 Å². The number of hydrogen-bond acceptors (Lipinski definition) is 8. The Balaban J connectivity index is 1.84. The number of aliphatic hydroxyl groups is 1. The van der Waals surface area contributed by atoms with Gasteiger partial charge in [0.05, 0.1) is 29.0 Å². The van der Waals surface area contributed by atoms with Crippen molar-refractivity contribution in [2.75, 3.05) is 26.3 Å². The number of aryl methyl sites for hydroxylation is 2. The van der Waals surface area contributed by atoms with Crippen LogP contribution in [-0.2, 0) is 23.5 Å². The average molecular weight is 560 g/mol. The molecule has 0 atom stereocenters. The van der Waals surface area contributed by atoms with E-state index in [-0.39, 0.29) is 17.3 Å². The molecule has 0 radical (unpaired) electrons. The molecule has 0 unspecified atom stereocenters. The summed E-state index contributed by atoms with van der Waals surface area (Å²) < 4.78 is 36.3. The zero-order valence-corrected chi connectivity index (χ0v) is 23.5. The highest BCUT2D eigenvalue weighted by Crippen LogP contribution is 2.34. The molecule has 3 N–H and O–H groups in total. The molecule has 2 aromatic heterocycles. The summed E-state index contributed by atoms with van der Waals surface area (Å²) in [6.07, 6.45) is 5.49. The number of rotatable bonds is 11. The lowest BCUT2D eigenvalue weighted by Crippen LogP contribution is -2.38. The number of fused-ring (bicyclic) bond motifs is 1.